The zero-order valence-corrected chi connectivity index (χ0v) is 17.3. The van der Waals surface area contributed by atoms with E-state index in [0.717, 1.165) is 55.1 Å². The molecule has 1 N–H and O–H groups in total. The second kappa shape index (κ2) is 7.64. The average molecular weight is 402 g/mol. The lowest BCUT2D eigenvalue weighted by Crippen LogP contribution is -2.23. The van der Waals surface area contributed by atoms with Crippen molar-refractivity contribution in [2.24, 2.45) is 0 Å². The fraction of sp³-hybridized carbons (Fsp3) is 0.579. The third kappa shape index (κ3) is 3.76. The van der Waals surface area contributed by atoms with Crippen molar-refractivity contribution in [3.63, 3.8) is 0 Å². The number of fused-ring (bicyclic) bond motifs is 1. The Morgan fingerprint density at radius 1 is 1.33 bits per heavy atom. The maximum absolute atomic E-state index is 12.8. The van der Waals surface area contributed by atoms with Crippen molar-refractivity contribution in [2.45, 2.75) is 75.2 Å². The van der Waals surface area contributed by atoms with Gasteiger partial charge in [0.15, 0.2) is 5.16 Å². The Bertz CT molecular complexity index is 906. The van der Waals surface area contributed by atoms with Gasteiger partial charge in [-0.15, -0.1) is 21.5 Å². The Kier molecular flexibility index (Phi) is 5.24. The monoisotopic (exact) mass is 401 g/mol. The molecule has 2 aliphatic carbocycles. The fourth-order valence-electron chi connectivity index (χ4n) is 3.56. The molecule has 0 aliphatic heterocycles. The van der Waals surface area contributed by atoms with E-state index in [9.17, 15) is 10.1 Å². The van der Waals surface area contributed by atoms with Crippen LogP contribution < -0.4 is 5.32 Å². The van der Waals surface area contributed by atoms with Gasteiger partial charge in [0.2, 0.25) is 5.91 Å². The van der Waals surface area contributed by atoms with Gasteiger partial charge in [-0.25, -0.2) is 0 Å². The van der Waals surface area contributed by atoms with Gasteiger partial charge in [0, 0.05) is 10.9 Å². The highest BCUT2D eigenvalue weighted by atomic mass is 32.2. The summed E-state index contributed by atoms with van der Waals surface area (Å²) in [6.07, 6.45) is 7.75. The number of anilines is 1. The Hall–Kier alpha value is -1.85. The van der Waals surface area contributed by atoms with Gasteiger partial charge in [0.25, 0.3) is 0 Å². The number of aryl methyl sites for hydroxylation is 2. The van der Waals surface area contributed by atoms with Crippen LogP contribution >= 0.6 is 23.1 Å². The molecule has 27 heavy (non-hydrogen) atoms. The molecule has 0 unspecified atom stereocenters. The number of thiophene rings is 1. The highest BCUT2D eigenvalue weighted by Crippen LogP contribution is 2.40. The molecule has 0 aromatic carbocycles. The number of aromatic nitrogens is 3. The molecule has 0 spiro atoms. The smallest absolute Gasteiger partial charge is 0.238 e. The molecule has 4 rings (SSSR count). The molecule has 2 heterocycles. The van der Waals surface area contributed by atoms with E-state index < -0.39 is 0 Å². The molecule has 1 atom stereocenters. The number of nitriles is 1. The normalized spacial score (nSPS) is 17.7. The summed E-state index contributed by atoms with van der Waals surface area (Å²) in [7, 11) is 0. The summed E-state index contributed by atoms with van der Waals surface area (Å²) in [5.74, 6) is 0.817. The van der Waals surface area contributed by atoms with Crippen LogP contribution in [-0.2, 0) is 17.6 Å². The quantitative estimate of drug-likeness (QED) is 0.598. The summed E-state index contributed by atoms with van der Waals surface area (Å²) in [5.41, 5.74) is 1.82. The summed E-state index contributed by atoms with van der Waals surface area (Å²) < 4.78 is 2.14. The van der Waals surface area contributed by atoms with E-state index in [4.69, 9.17) is 0 Å². The number of rotatable bonds is 5. The van der Waals surface area contributed by atoms with Crippen LogP contribution in [0.3, 0.4) is 0 Å². The van der Waals surface area contributed by atoms with Crippen molar-refractivity contribution in [3.8, 4) is 6.07 Å². The van der Waals surface area contributed by atoms with Crippen LogP contribution in [0.2, 0.25) is 0 Å². The molecule has 2 aromatic rings. The van der Waals surface area contributed by atoms with E-state index in [2.05, 4.69) is 26.2 Å². The minimum atomic E-state index is -0.306. The molecule has 0 saturated heterocycles. The number of nitrogens with zero attached hydrogens (tertiary/aromatic N) is 4. The second-order valence-electron chi connectivity index (χ2n) is 7.26. The summed E-state index contributed by atoms with van der Waals surface area (Å²) in [5, 5.41) is 22.3. The molecular weight excluding hydrogens is 378 g/mol. The van der Waals surface area contributed by atoms with Gasteiger partial charge in [-0.2, -0.15) is 5.26 Å². The van der Waals surface area contributed by atoms with Crippen LogP contribution in [-0.4, -0.2) is 25.9 Å². The Morgan fingerprint density at radius 3 is 2.85 bits per heavy atom. The van der Waals surface area contributed by atoms with Crippen LogP contribution in [0.4, 0.5) is 5.00 Å². The van der Waals surface area contributed by atoms with Crippen molar-refractivity contribution in [3.05, 3.63) is 21.8 Å². The predicted octanol–water partition coefficient (Wildman–Crippen LogP) is 4.24. The highest BCUT2D eigenvalue weighted by Gasteiger charge is 2.30. The van der Waals surface area contributed by atoms with Gasteiger partial charge in [-0.3, -0.25) is 4.79 Å². The first-order chi connectivity index (χ1) is 13.1. The lowest BCUT2D eigenvalue weighted by molar-refractivity contribution is -0.115. The summed E-state index contributed by atoms with van der Waals surface area (Å²) in [6, 6.07) is 2.81. The topological polar surface area (TPSA) is 83.6 Å². The Balaban J connectivity index is 1.48. The summed E-state index contributed by atoms with van der Waals surface area (Å²) in [4.78, 5) is 14.0. The molecule has 0 radical (unpaired) electrons. The van der Waals surface area contributed by atoms with Crippen molar-refractivity contribution >= 4 is 34.0 Å². The molecule has 2 aliphatic rings. The predicted molar refractivity (Wildman–Crippen MR) is 107 cm³/mol. The third-order valence-corrected chi connectivity index (χ3v) is 7.43. The third-order valence-electron chi connectivity index (χ3n) is 5.17. The van der Waals surface area contributed by atoms with E-state index in [-0.39, 0.29) is 11.2 Å². The second-order valence-corrected chi connectivity index (χ2v) is 9.67. The van der Waals surface area contributed by atoms with Crippen LogP contribution in [0.5, 0.6) is 0 Å². The minimum absolute atomic E-state index is 0.0871. The van der Waals surface area contributed by atoms with Crippen molar-refractivity contribution in [2.75, 3.05) is 5.32 Å². The number of carbonyl (C=O) groups excluding carboxylic acids is 1. The first-order valence-electron chi connectivity index (χ1n) is 9.52. The van der Waals surface area contributed by atoms with Gasteiger partial charge in [-0.05, 0) is 57.9 Å². The summed E-state index contributed by atoms with van der Waals surface area (Å²) >= 11 is 3.01. The minimum Gasteiger partial charge on any atom is -0.316 e. The van der Waals surface area contributed by atoms with E-state index in [1.54, 1.807) is 11.3 Å². The van der Waals surface area contributed by atoms with Crippen LogP contribution in [0.15, 0.2) is 5.16 Å². The van der Waals surface area contributed by atoms with E-state index in [0.29, 0.717) is 16.6 Å². The SMILES string of the molecule is Cc1nnc(S[C@@H](C)C(=O)Nc2sc3c(c2C#N)CCCCC3)n1C1CC1. The molecule has 8 heteroatoms. The number of thioether (sulfide) groups is 1. The number of amides is 1. The standard InChI is InChI=1S/C19H23N5OS2/c1-11(26-19-23-22-12(2)24(19)13-8-9-13)17(25)21-18-15(10-20)14-6-4-3-5-7-16(14)27-18/h11,13H,3-9H2,1-2H3,(H,21,25)/t11-/m0/s1. The zero-order valence-electron chi connectivity index (χ0n) is 15.6. The van der Waals surface area contributed by atoms with Gasteiger partial charge in [0.05, 0.1) is 10.8 Å². The molecule has 2 aromatic heterocycles. The molecule has 6 nitrogen and oxygen atoms in total. The maximum Gasteiger partial charge on any atom is 0.238 e. The number of hydrogen-bond donors (Lipinski definition) is 1. The highest BCUT2D eigenvalue weighted by molar-refractivity contribution is 8.00. The van der Waals surface area contributed by atoms with Gasteiger partial charge in [-0.1, -0.05) is 18.2 Å². The average Bonchev–Trinajstić information content (AvgIpc) is 3.39. The summed E-state index contributed by atoms with van der Waals surface area (Å²) in [6.45, 7) is 3.84. The fourth-order valence-corrected chi connectivity index (χ4v) is 5.77. The van der Waals surface area contributed by atoms with Crippen LogP contribution in [0.25, 0.3) is 0 Å². The molecular formula is C19H23N5OS2. The molecule has 1 amide bonds. The molecule has 1 saturated carbocycles. The van der Waals surface area contributed by atoms with Gasteiger partial charge in [0.1, 0.15) is 16.9 Å². The van der Waals surface area contributed by atoms with E-state index in [1.807, 2.05) is 13.8 Å². The number of carbonyl (C=O) groups is 1. The van der Waals surface area contributed by atoms with Crippen LogP contribution in [0, 0.1) is 18.3 Å². The largest absolute Gasteiger partial charge is 0.316 e. The maximum atomic E-state index is 12.8. The first-order valence-corrected chi connectivity index (χ1v) is 11.2. The Morgan fingerprint density at radius 2 is 2.11 bits per heavy atom. The molecule has 1 fully saturated rings. The Labute approximate surface area is 167 Å². The number of nitrogens with one attached hydrogen (secondary N) is 1. The first kappa shape index (κ1) is 18.5. The van der Waals surface area contributed by atoms with E-state index >= 15 is 0 Å². The van der Waals surface area contributed by atoms with Crippen molar-refractivity contribution < 1.29 is 4.79 Å². The zero-order chi connectivity index (χ0) is 19.0. The van der Waals surface area contributed by atoms with Gasteiger partial charge >= 0.3 is 0 Å². The van der Waals surface area contributed by atoms with Crippen molar-refractivity contribution in [1.82, 2.24) is 14.8 Å². The lowest BCUT2D eigenvalue weighted by atomic mass is 10.1. The van der Waals surface area contributed by atoms with Gasteiger partial charge < -0.3 is 9.88 Å². The molecule has 142 valence electrons. The molecule has 0 bridgehead atoms. The van der Waals surface area contributed by atoms with Crippen molar-refractivity contribution in [1.29, 1.82) is 5.26 Å². The van der Waals surface area contributed by atoms with E-state index in [1.165, 1.54) is 23.1 Å². The van der Waals surface area contributed by atoms with Crippen LogP contribution in [0.1, 0.15) is 66.9 Å². The lowest BCUT2D eigenvalue weighted by Gasteiger charge is -2.12. The number of hydrogen-bond acceptors (Lipinski definition) is 6.